The van der Waals surface area contributed by atoms with Crippen LogP contribution < -0.4 is 4.74 Å². The van der Waals surface area contributed by atoms with Gasteiger partial charge in [0.05, 0.1) is 23.1 Å². The second-order valence-electron chi connectivity index (χ2n) is 2.80. The molecule has 0 saturated heterocycles. The van der Waals surface area contributed by atoms with Gasteiger partial charge in [-0.2, -0.15) is 0 Å². The lowest BCUT2D eigenvalue weighted by Crippen LogP contribution is -2.11. The molecule has 1 unspecified atom stereocenters. The summed E-state index contributed by atoms with van der Waals surface area (Å²) in [6, 6.07) is 5.00. The molecular formula is C10H10Cl2O2. The third kappa shape index (κ3) is 2.20. The molecule has 0 fully saturated rings. The number of carbonyl (C=O) groups excluding carboxylic acids is 1. The quantitative estimate of drug-likeness (QED) is 0.592. The van der Waals surface area contributed by atoms with E-state index in [1.165, 1.54) is 7.11 Å². The molecule has 1 aromatic rings. The highest BCUT2D eigenvalue weighted by atomic mass is 35.5. The predicted octanol–water partition coefficient (Wildman–Crippen LogP) is 3.16. The van der Waals surface area contributed by atoms with E-state index in [4.69, 9.17) is 27.9 Å². The Labute approximate surface area is 92.8 Å². The van der Waals surface area contributed by atoms with Gasteiger partial charge in [-0.25, -0.2) is 0 Å². The highest BCUT2D eigenvalue weighted by Gasteiger charge is 2.18. The summed E-state index contributed by atoms with van der Waals surface area (Å²) < 4.78 is 5.04. The summed E-state index contributed by atoms with van der Waals surface area (Å²) in [6.45, 7) is 1.62. The molecule has 4 heteroatoms. The number of carbonyl (C=O) groups is 1. The van der Waals surface area contributed by atoms with Gasteiger partial charge in [-0.15, -0.1) is 11.6 Å². The Balaban J connectivity index is 3.20. The maximum absolute atomic E-state index is 11.6. The van der Waals surface area contributed by atoms with Crippen LogP contribution in [0, 0.1) is 0 Å². The SMILES string of the molecule is COc1c(Cl)cccc1C(=O)C(C)Cl. The Morgan fingerprint density at radius 3 is 2.64 bits per heavy atom. The normalized spacial score (nSPS) is 12.3. The molecule has 0 heterocycles. The van der Waals surface area contributed by atoms with E-state index in [1.807, 2.05) is 0 Å². The van der Waals surface area contributed by atoms with Crippen LogP contribution in [0.1, 0.15) is 17.3 Å². The van der Waals surface area contributed by atoms with E-state index in [0.29, 0.717) is 16.3 Å². The first-order chi connectivity index (χ1) is 6.57. The van der Waals surface area contributed by atoms with Crippen molar-refractivity contribution < 1.29 is 9.53 Å². The molecule has 0 spiro atoms. The first-order valence-electron chi connectivity index (χ1n) is 4.08. The molecular weight excluding hydrogens is 223 g/mol. The summed E-state index contributed by atoms with van der Waals surface area (Å²) in [6.07, 6.45) is 0. The number of hydrogen-bond donors (Lipinski definition) is 0. The minimum atomic E-state index is -0.581. The molecule has 0 amide bonds. The molecule has 1 atom stereocenters. The first kappa shape index (κ1) is 11.3. The van der Waals surface area contributed by atoms with Crippen LogP contribution in [-0.2, 0) is 0 Å². The number of Topliss-reactive ketones (excluding diaryl/α,β-unsaturated/α-hetero) is 1. The number of methoxy groups -OCH3 is 1. The Kier molecular flexibility index (Phi) is 3.78. The van der Waals surface area contributed by atoms with Gasteiger partial charge in [-0.1, -0.05) is 17.7 Å². The zero-order chi connectivity index (χ0) is 10.7. The zero-order valence-corrected chi connectivity index (χ0v) is 9.39. The fourth-order valence-corrected chi connectivity index (χ4v) is 1.49. The van der Waals surface area contributed by atoms with Crippen LogP contribution in [0.3, 0.4) is 0 Å². The number of ketones is 1. The topological polar surface area (TPSA) is 26.3 Å². The van der Waals surface area contributed by atoms with Gasteiger partial charge in [-0.05, 0) is 19.1 Å². The van der Waals surface area contributed by atoms with E-state index in [1.54, 1.807) is 25.1 Å². The lowest BCUT2D eigenvalue weighted by Gasteiger charge is -2.09. The summed E-state index contributed by atoms with van der Waals surface area (Å²) >= 11 is 11.6. The van der Waals surface area contributed by atoms with Gasteiger partial charge in [0.2, 0.25) is 0 Å². The predicted molar refractivity (Wildman–Crippen MR) is 57.6 cm³/mol. The van der Waals surface area contributed by atoms with Crippen molar-refractivity contribution in [2.45, 2.75) is 12.3 Å². The highest BCUT2D eigenvalue weighted by Crippen LogP contribution is 2.29. The van der Waals surface area contributed by atoms with E-state index in [-0.39, 0.29) is 5.78 Å². The number of alkyl halides is 1. The van der Waals surface area contributed by atoms with Crippen molar-refractivity contribution in [2.75, 3.05) is 7.11 Å². The number of rotatable bonds is 3. The number of hydrogen-bond acceptors (Lipinski definition) is 2. The Morgan fingerprint density at radius 1 is 1.50 bits per heavy atom. The monoisotopic (exact) mass is 232 g/mol. The smallest absolute Gasteiger partial charge is 0.184 e. The van der Waals surface area contributed by atoms with Gasteiger partial charge in [0, 0.05) is 0 Å². The molecule has 0 aromatic heterocycles. The van der Waals surface area contributed by atoms with Gasteiger partial charge in [0.1, 0.15) is 5.75 Å². The van der Waals surface area contributed by atoms with E-state index < -0.39 is 5.38 Å². The molecule has 0 aliphatic heterocycles. The lowest BCUT2D eigenvalue weighted by molar-refractivity contribution is 0.0989. The van der Waals surface area contributed by atoms with Gasteiger partial charge in [0.25, 0.3) is 0 Å². The number of para-hydroxylation sites is 1. The standard InChI is InChI=1S/C10H10Cl2O2/c1-6(11)9(13)7-4-3-5-8(12)10(7)14-2/h3-6H,1-2H3. The Bertz CT molecular complexity index is 348. The van der Waals surface area contributed by atoms with E-state index in [0.717, 1.165) is 0 Å². The Morgan fingerprint density at radius 2 is 2.14 bits per heavy atom. The Hall–Kier alpha value is -0.730. The molecule has 0 radical (unpaired) electrons. The van der Waals surface area contributed by atoms with Crippen LogP contribution in [-0.4, -0.2) is 18.3 Å². The van der Waals surface area contributed by atoms with Crippen molar-refractivity contribution in [1.82, 2.24) is 0 Å². The summed E-state index contributed by atoms with van der Waals surface area (Å²) in [5, 5.41) is -0.168. The molecule has 0 aliphatic carbocycles. The average molecular weight is 233 g/mol. The second-order valence-corrected chi connectivity index (χ2v) is 3.86. The van der Waals surface area contributed by atoms with Gasteiger partial charge >= 0.3 is 0 Å². The van der Waals surface area contributed by atoms with Crippen molar-refractivity contribution in [2.24, 2.45) is 0 Å². The molecule has 1 aromatic carbocycles. The fraction of sp³-hybridized carbons (Fsp3) is 0.300. The third-order valence-corrected chi connectivity index (χ3v) is 2.29. The zero-order valence-electron chi connectivity index (χ0n) is 7.88. The molecule has 0 bridgehead atoms. The van der Waals surface area contributed by atoms with Gasteiger partial charge in [0.15, 0.2) is 5.78 Å². The first-order valence-corrected chi connectivity index (χ1v) is 4.90. The summed E-state index contributed by atoms with van der Waals surface area (Å²) in [7, 11) is 1.47. The van der Waals surface area contributed by atoms with Crippen LogP contribution in [0.25, 0.3) is 0 Å². The maximum atomic E-state index is 11.6. The van der Waals surface area contributed by atoms with Crippen LogP contribution >= 0.6 is 23.2 Å². The highest BCUT2D eigenvalue weighted by molar-refractivity contribution is 6.36. The van der Waals surface area contributed by atoms with Crippen molar-refractivity contribution in [3.8, 4) is 5.75 Å². The fourth-order valence-electron chi connectivity index (χ4n) is 1.12. The van der Waals surface area contributed by atoms with Crippen LogP contribution in [0.4, 0.5) is 0 Å². The van der Waals surface area contributed by atoms with E-state index in [2.05, 4.69) is 0 Å². The lowest BCUT2D eigenvalue weighted by atomic mass is 10.1. The molecule has 2 nitrogen and oxygen atoms in total. The number of halogens is 2. The number of benzene rings is 1. The van der Waals surface area contributed by atoms with Crippen LogP contribution in [0.2, 0.25) is 5.02 Å². The molecule has 0 N–H and O–H groups in total. The second kappa shape index (κ2) is 4.67. The summed E-state index contributed by atoms with van der Waals surface area (Å²) in [5.74, 6) is 0.192. The molecule has 0 aliphatic rings. The summed E-state index contributed by atoms with van der Waals surface area (Å²) in [4.78, 5) is 11.6. The molecule has 76 valence electrons. The van der Waals surface area contributed by atoms with Gasteiger partial charge < -0.3 is 4.74 Å². The van der Waals surface area contributed by atoms with Gasteiger partial charge in [-0.3, -0.25) is 4.79 Å². The number of ether oxygens (including phenoxy) is 1. The molecule has 1 rings (SSSR count). The van der Waals surface area contributed by atoms with E-state index >= 15 is 0 Å². The largest absolute Gasteiger partial charge is 0.494 e. The van der Waals surface area contributed by atoms with Crippen molar-refractivity contribution >= 4 is 29.0 Å². The maximum Gasteiger partial charge on any atom is 0.184 e. The van der Waals surface area contributed by atoms with E-state index in [9.17, 15) is 4.79 Å². The van der Waals surface area contributed by atoms with Crippen LogP contribution in [0.5, 0.6) is 5.75 Å². The minimum absolute atomic E-state index is 0.189. The van der Waals surface area contributed by atoms with Crippen molar-refractivity contribution in [3.63, 3.8) is 0 Å². The molecule has 0 saturated carbocycles. The molecule has 14 heavy (non-hydrogen) atoms. The van der Waals surface area contributed by atoms with Crippen molar-refractivity contribution in [3.05, 3.63) is 28.8 Å². The van der Waals surface area contributed by atoms with Crippen LogP contribution in [0.15, 0.2) is 18.2 Å². The average Bonchev–Trinajstić information content (AvgIpc) is 2.16. The minimum Gasteiger partial charge on any atom is -0.494 e. The summed E-state index contributed by atoms with van der Waals surface area (Å²) in [5.41, 5.74) is 0.419. The third-order valence-electron chi connectivity index (χ3n) is 1.80. The van der Waals surface area contributed by atoms with Crippen molar-refractivity contribution in [1.29, 1.82) is 0 Å².